The second-order valence-corrected chi connectivity index (χ2v) is 4.33. The zero-order valence-electron chi connectivity index (χ0n) is 10.6. The molecule has 4 heteroatoms. The summed E-state index contributed by atoms with van der Waals surface area (Å²) in [5, 5.41) is 0. The van der Waals surface area contributed by atoms with Crippen LogP contribution in [-0.4, -0.2) is 22.0 Å². The van der Waals surface area contributed by atoms with Crippen molar-refractivity contribution in [3.63, 3.8) is 0 Å². The van der Waals surface area contributed by atoms with E-state index in [1.54, 1.807) is 0 Å². The highest BCUT2D eigenvalue weighted by Crippen LogP contribution is 2.21. The lowest BCUT2D eigenvalue weighted by Gasteiger charge is -2.11. The van der Waals surface area contributed by atoms with Crippen molar-refractivity contribution < 1.29 is 4.74 Å². The van der Waals surface area contributed by atoms with Gasteiger partial charge in [0.05, 0.1) is 5.69 Å². The molecule has 0 saturated carbocycles. The number of pyridine rings is 1. The molecule has 0 aliphatic rings. The van der Waals surface area contributed by atoms with E-state index in [1.165, 1.54) is 0 Å². The molecule has 0 aromatic carbocycles. The van der Waals surface area contributed by atoms with Crippen LogP contribution in [0.25, 0.3) is 5.65 Å². The van der Waals surface area contributed by atoms with Crippen LogP contribution in [0.4, 0.5) is 0 Å². The molecule has 1 unspecified atom stereocenters. The highest BCUT2D eigenvalue weighted by atomic mass is 16.5. The molecule has 0 spiro atoms. The minimum Gasteiger partial charge on any atom is -0.488 e. The van der Waals surface area contributed by atoms with Gasteiger partial charge in [-0.2, -0.15) is 0 Å². The van der Waals surface area contributed by atoms with Crippen LogP contribution in [0.2, 0.25) is 0 Å². The van der Waals surface area contributed by atoms with Crippen molar-refractivity contribution in [1.82, 2.24) is 9.38 Å². The zero-order chi connectivity index (χ0) is 12.4. The van der Waals surface area contributed by atoms with Crippen LogP contribution >= 0.6 is 0 Å². The Morgan fingerprint density at radius 1 is 1.47 bits per heavy atom. The topological polar surface area (TPSA) is 52.5 Å². The van der Waals surface area contributed by atoms with Crippen molar-refractivity contribution in [2.75, 3.05) is 6.61 Å². The van der Waals surface area contributed by atoms with Crippen LogP contribution < -0.4 is 10.5 Å². The SMILES string of the molecule is CCC(N)COc1cccn2c(C)c(C)nc12. The van der Waals surface area contributed by atoms with Gasteiger partial charge in [0.1, 0.15) is 6.61 Å². The average molecular weight is 233 g/mol. The first-order valence-corrected chi connectivity index (χ1v) is 5.96. The van der Waals surface area contributed by atoms with Gasteiger partial charge in [-0.3, -0.25) is 0 Å². The van der Waals surface area contributed by atoms with Gasteiger partial charge in [0, 0.05) is 17.9 Å². The normalized spacial score (nSPS) is 12.9. The van der Waals surface area contributed by atoms with Crippen LogP contribution in [0.5, 0.6) is 5.75 Å². The second kappa shape index (κ2) is 4.75. The third-order valence-corrected chi connectivity index (χ3v) is 3.07. The Hall–Kier alpha value is -1.55. The molecule has 4 nitrogen and oxygen atoms in total. The summed E-state index contributed by atoms with van der Waals surface area (Å²) < 4.78 is 7.78. The first-order valence-electron chi connectivity index (χ1n) is 5.96. The number of ether oxygens (including phenoxy) is 1. The molecule has 0 bridgehead atoms. The first-order chi connectivity index (χ1) is 8.13. The van der Waals surface area contributed by atoms with Crippen molar-refractivity contribution in [2.24, 2.45) is 5.73 Å². The number of hydrogen-bond donors (Lipinski definition) is 1. The number of aryl methyl sites for hydroxylation is 2. The minimum atomic E-state index is 0.0763. The van der Waals surface area contributed by atoms with Gasteiger partial charge in [0.25, 0.3) is 0 Å². The summed E-state index contributed by atoms with van der Waals surface area (Å²) in [6.45, 7) is 6.64. The summed E-state index contributed by atoms with van der Waals surface area (Å²) in [5.41, 5.74) is 8.89. The quantitative estimate of drug-likeness (QED) is 0.879. The number of aromatic nitrogens is 2. The molecule has 2 rings (SSSR count). The van der Waals surface area contributed by atoms with Gasteiger partial charge in [-0.1, -0.05) is 6.92 Å². The minimum absolute atomic E-state index is 0.0763. The summed E-state index contributed by atoms with van der Waals surface area (Å²) in [4.78, 5) is 4.51. The average Bonchev–Trinajstić information content (AvgIpc) is 2.63. The van der Waals surface area contributed by atoms with Crippen LogP contribution in [0, 0.1) is 13.8 Å². The summed E-state index contributed by atoms with van der Waals surface area (Å²) in [5.74, 6) is 0.799. The third-order valence-electron chi connectivity index (χ3n) is 3.07. The Labute approximate surface area is 101 Å². The van der Waals surface area contributed by atoms with Gasteiger partial charge in [-0.25, -0.2) is 4.98 Å². The molecule has 2 N–H and O–H groups in total. The molecule has 17 heavy (non-hydrogen) atoms. The molecule has 92 valence electrons. The lowest BCUT2D eigenvalue weighted by molar-refractivity contribution is 0.287. The molecule has 0 aliphatic carbocycles. The maximum atomic E-state index is 5.85. The molecular weight excluding hydrogens is 214 g/mol. The Bertz CT molecular complexity index is 519. The van der Waals surface area contributed by atoms with E-state index in [2.05, 4.69) is 18.8 Å². The summed E-state index contributed by atoms with van der Waals surface area (Å²) in [6, 6.07) is 3.98. The summed E-state index contributed by atoms with van der Waals surface area (Å²) >= 11 is 0. The molecular formula is C13H19N3O. The number of hydrogen-bond acceptors (Lipinski definition) is 3. The first kappa shape index (κ1) is 11.9. The maximum Gasteiger partial charge on any atom is 0.180 e. The van der Waals surface area contributed by atoms with Gasteiger partial charge in [0.15, 0.2) is 11.4 Å². The summed E-state index contributed by atoms with van der Waals surface area (Å²) in [7, 11) is 0. The Kier molecular flexibility index (Phi) is 3.33. The third kappa shape index (κ3) is 2.26. The lowest BCUT2D eigenvalue weighted by Crippen LogP contribution is -2.26. The van der Waals surface area contributed by atoms with E-state index in [0.717, 1.165) is 29.2 Å². The fourth-order valence-electron chi connectivity index (χ4n) is 1.70. The number of nitrogens with two attached hydrogens (primary N) is 1. The fraction of sp³-hybridized carbons (Fsp3) is 0.462. The van der Waals surface area contributed by atoms with E-state index in [9.17, 15) is 0 Å². The number of imidazole rings is 1. The Morgan fingerprint density at radius 3 is 2.94 bits per heavy atom. The number of fused-ring (bicyclic) bond motifs is 1. The van der Waals surface area contributed by atoms with Crippen molar-refractivity contribution in [3.05, 3.63) is 29.7 Å². The molecule has 0 amide bonds. The molecule has 0 fully saturated rings. The van der Waals surface area contributed by atoms with E-state index in [1.807, 2.05) is 29.7 Å². The van der Waals surface area contributed by atoms with Crippen molar-refractivity contribution in [1.29, 1.82) is 0 Å². The maximum absolute atomic E-state index is 5.85. The predicted octanol–water partition coefficient (Wildman–Crippen LogP) is 2.07. The summed E-state index contributed by atoms with van der Waals surface area (Å²) in [6.07, 6.45) is 2.91. The highest BCUT2D eigenvalue weighted by molar-refractivity contribution is 5.55. The molecule has 2 aromatic heterocycles. The second-order valence-electron chi connectivity index (χ2n) is 4.33. The van der Waals surface area contributed by atoms with Gasteiger partial charge in [0.2, 0.25) is 0 Å². The van der Waals surface area contributed by atoms with E-state index >= 15 is 0 Å². The van der Waals surface area contributed by atoms with Crippen LogP contribution in [0.1, 0.15) is 24.7 Å². The lowest BCUT2D eigenvalue weighted by atomic mass is 10.3. The van der Waals surface area contributed by atoms with Crippen molar-refractivity contribution in [3.8, 4) is 5.75 Å². The Morgan fingerprint density at radius 2 is 2.24 bits per heavy atom. The van der Waals surface area contributed by atoms with E-state index < -0.39 is 0 Å². The molecule has 0 aliphatic heterocycles. The number of rotatable bonds is 4. The highest BCUT2D eigenvalue weighted by Gasteiger charge is 2.10. The fourth-order valence-corrected chi connectivity index (χ4v) is 1.70. The molecule has 0 radical (unpaired) electrons. The van der Waals surface area contributed by atoms with Gasteiger partial charge in [-0.15, -0.1) is 0 Å². The smallest absolute Gasteiger partial charge is 0.180 e. The van der Waals surface area contributed by atoms with Gasteiger partial charge >= 0.3 is 0 Å². The van der Waals surface area contributed by atoms with Crippen molar-refractivity contribution in [2.45, 2.75) is 33.2 Å². The predicted molar refractivity (Wildman–Crippen MR) is 68.4 cm³/mol. The van der Waals surface area contributed by atoms with Crippen molar-refractivity contribution >= 4 is 5.65 Å². The molecule has 2 heterocycles. The van der Waals surface area contributed by atoms with Crippen LogP contribution in [0.15, 0.2) is 18.3 Å². The van der Waals surface area contributed by atoms with Crippen LogP contribution in [0.3, 0.4) is 0 Å². The van der Waals surface area contributed by atoms with E-state index in [-0.39, 0.29) is 6.04 Å². The molecule has 1 atom stereocenters. The Balaban J connectivity index is 2.31. The van der Waals surface area contributed by atoms with Gasteiger partial charge in [-0.05, 0) is 32.4 Å². The standard InChI is InChI=1S/C13H19N3O/c1-4-11(14)8-17-12-6-5-7-16-10(3)9(2)15-13(12)16/h5-7,11H,4,8,14H2,1-3H3. The van der Waals surface area contributed by atoms with Gasteiger partial charge < -0.3 is 14.9 Å². The molecule has 0 saturated heterocycles. The largest absolute Gasteiger partial charge is 0.488 e. The number of nitrogens with zero attached hydrogens (tertiary/aromatic N) is 2. The van der Waals surface area contributed by atoms with E-state index in [4.69, 9.17) is 10.5 Å². The van der Waals surface area contributed by atoms with Crippen LogP contribution in [-0.2, 0) is 0 Å². The monoisotopic (exact) mass is 233 g/mol. The van der Waals surface area contributed by atoms with E-state index in [0.29, 0.717) is 6.61 Å². The molecule has 2 aromatic rings. The zero-order valence-corrected chi connectivity index (χ0v) is 10.6.